The zero-order chi connectivity index (χ0) is 39.8. The molecule has 0 aliphatic carbocycles. The number of hydrogen-bond donors (Lipinski definition) is 6. The van der Waals surface area contributed by atoms with Gasteiger partial charge < -0.3 is 35.8 Å². The van der Waals surface area contributed by atoms with E-state index in [4.69, 9.17) is 0 Å². The van der Waals surface area contributed by atoms with Gasteiger partial charge in [0.2, 0.25) is 5.91 Å². The first-order valence-corrected chi connectivity index (χ1v) is 22.1. The summed E-state index contributed by atoms with van der Waals surface area (Å²) in [6.45, 7) is 11.0. The van der Waals surface area contributed by atoms with E-state index in [0.29, 0.717) is 19.6 Å². The number of rotatable bonds is 23. The molecule has 56 heavy (non-hydrogen) atoms. The van der Waals surface area contributed by atoms with Gasteiger partial charge in [0, 0.05) is 68.4 Å². The van der Waals surface area contributed by atoms with Crippen LogP contribution in [0.3, 0.4) is 0 Å². The molecule has 4 rings (SSSR count). The molecule has 0 bridgehead atoms. The summed E-state index contributed by atoms with van der Waals surface area (Å²) in [6.07, 6.45) is 21.5. The van der Waals surface area contributed by atoms with Crippen molar-refractivity contribution in [2.24, 2.45) is 4.99 Å². The summed E-state index contributed by atoms with van der Waals surface area (Å²) < 4.78 is 0. The van der Waals surface area contributed by atoms with Crippen molar-refractivity contribution < 1.29 is 20.1 Å². The zero-order valence-corrected chi connectivity index (χ0v) is 34.3. The molecule has 2 heterocycles. The Hall–Kier alpha value is -4.04. The van der Waals surface area contributed by atoms with Crippen LogP contribution >= 0.6 is 21.6 Å². The summed E-state index contributed by atoms with van der Waals surface area (Å²) in [7, 11) is 3.39. The Kier molecular flexibility index (Phi) is 20.7. The number of nitrogens with zero attached hydrogens (tertiary/aromatic N) is 3. The number of benzene rings is 2. The number of amides is 1. The summed E-state index contributed by atoms with van der Waals surface area (Å²) in [5.74, 6) is 1.54. The monoisotopic (exact) mass is 800 g/mol. The summed E-state index contributed by atoms with van der Waals surface area (Å²) in [6, 6.07) is 16.8. The molecule has 2 aliphatic rings. The number of β-amino-alcohol motifs (C(OH)–C–C–N with tert-alkyl or cyclic N) is 1. The molecular weight excluding hydrogens is 741 g/mol. The third-order valence-corrected chi connectivity index (χ3v) is 11.7. The largest absolute Gasteiger partial charge is 0.393 e. The van der Waals surface area contributed by atoms with Crippen molar-refractivity contribution in [3.8, 4) is 0 Å². The predicted molar refractivity (Wildman–Crippen MR) is 240 cm³/mol. The fourth-order valence-electron chi connectivity index (χ4n) is 6.04. The second kappa shape index (κ2) is 26.0. The first kappa shape index (κ1) is 44.7. The smallest absolute Gasteiger partial charge is 0.239 e. The Balaban J connectivity index is 1.00. The van der Waals surface area contributed by atoms with Crippen LogP contribution in [0, 0.1) is 0 Å². The average molecular weight is 801 g/mol. The predicted octanol–water partition coefficient (Wildman–Crippen LogP) is 5.97. The number of piperidine rings is 1. The van der Waals surface area contributed by atoms with Crippen LogP contribution < -0.4 is 25.8 Å². The van der Waals surface area contributed by atoms with Crippen LogP contribution in [0.4, 0.5) is 11.4 Å². The SMILES string of the molecule is C=C/C=C(\C=C/NCC(=O)NCCSSCCNC(O)CN=C/C=C(/C=C/c1ccc(N2CCC(O)C2)cc1)CC)/C=C/c1ccc(N2CCC(O)CC2)cc1. The summed E-state index contributed by atoms with van der Waals surface area (Å²) in [4.78, 5) is 21.1. The van der Waals surface area contributed by atoms with E-state index in [9.17, 15) is 20.1 Å². The Morgan fingerprint density at radius 2 is 1.50 bits per heavy atom. The average Bonchev–Trinajstić information content (AvgIpc) is 3.66. The minimum Gasteiger partial charge on any atom is -0.393 e. The zero-order valence-electron chi connectivity index (χ0n) is 32.6. The number of anilines is 2. The third-order valence-electron chi connectivity index (χ3n) is 9.31. The van der Waals surface area contributed by atoms with E-state index >= 15 is 0 Å². The first-order chi connectivity index (χ1) is 27.3. The molecule has 2 aromatic carbocycles. The highest BCUT2D eigenvalue weighted by atomic mass is 33.1. The van der Waals surface area contributed by atoms with Crippen molar-refractivity contribution in [2.75, 3.05) is 73.7 Å². The fraction of sp³-hybridized carbons (Fsp3) is 0.409. The van der Waals surface area contributed by atoms with Gasteiger partial charge >= 0.3 is 0 Å². The molecule has 1 amide bonds. The highest BCUT2D eigenvalue weighted by Gasteiger charge is 2.20. The van der Waals surface area contributed by atoms with Gasteiger partial charge in [-0.15, -0.1) is 0 Å². The van der Waals surface area contributed by atoms with Gasteiger partial charge in [-0.3, -0.25) is 15.1 Å². The second-order valence-electron chi connectivity index (χ2n) is 13.6. The molecule has 0 aromatic heterocycles. The molecule has 6 N–H and O–H groups in total. The summed E-state index contributed by atoms with van der Waals surface area (Å²) in [5, 5.41) is 38.9. The first-order valence-electron chi connectivity index (χ1n) is 19.6. The number of carbonyl (C=O) groups is 1. The highest BCUT2D eigenvalue weighted by Crippen LogP contribution is 2.23. The normalized spacial score (nSPS) is 17.9. The van der Waals surface area contributed by atoms with Gasteiger partial charge in [0.1, 0.15) is 6.23 Å². The number of aliphatic hydroxyl groups excluding tert-OH is 3. The third kappa shape index (κ3) is 17.4. The van der Waals surface area contributed by atoms with Crippen molar-refractivity contribution in [1.29, 1.82) is 0 Å². The van der Waals surface area contributed by atoms with Gasteiger partial charge in [0.15, 0.2) is 0 Å². The van der Waals surface area contributed by atoms with Crippen LogP contribution in [-0.2, 0) is 4.79 Å². The Morgan fingerprint density at radius 3 is 2.14 bits per heavy atom. The van der Waals surface area contributed by atoms with E-state index in [1.165, 1.54) is 5.69 Å². The highest BCUT2D eigenvalue weighted by molar-refractivity contribution is 8.76. The van der Waals surface area contributed by atoms with Crippen LogP contribution in [0.2, 0.25) is 0 Å². The summed E-state index contributed by atoms with van der Waals surface area (Å²) >= 11 is 0. The van der Waals surface area contributed by atoms with Crippen LogP contribution in [-0.4, -0.2) is 110 Å². The minimum absolute atomic E-state index is 0.0685. The number of nitrogens with one attached hydrogen (secondary N) is 3. The quantitative estimate of drug-likeness (QED) is 0.0263. The van der Waals surface area contributed by atoms with Gasteiger partial charge in [-0.25, -0.2) is 0 Å². The molecule has 2 aromatic rings. The molecule has 0 spiro atoms. The van der Waals surface area contributed by atoms with Crippen LogP contribution in [0.25, 0.3) is 12.2 Å². The molecule has 2 unspecified atom stereocenters. The van der Waals surface area contributed by atoms with E-state index < -0.39 is 6.23 Å². The minimum atomic E-state index is -0.708. The summed E-state index contributed by atoms with van der Waals surface area (Å²) in [5.41, 5.74) is 6.62. The number of hydrogen-bond acceptors (Lipinski definition) is 11. The lowest BCUT2D eigenvalue weighted by molar-refractivity contribution is -0.119. The van der Waals surface area contributed by atoms with Gasteiger partial charge in [-0.2, -0.15) is 0 Å². The standard InChI is InChI=1S/C44H60N6O4S2/c1-3-5-36(8-9-38-10-14-39(15-11-38)49-27-20-41(51)21-28-49)19-24-46-33-44(54)48-26-31-56-55-30-25-47-43(53)32-45-23-18-35(4-2)6-7-37-12-16-40(17-13-37)50-29-22-42(52)34-50/h3,5-19,23-24,41-43,46-47,51-53H,1,4,20-22,25-34H2,2H3,(H,48,54)/b7-6+,9-8+,24-19-,35-18+,36-5-,45-23?. The van der Waals surface area contributed by atoms with E-state index in [1.54, 1.807) is 40.1 Å². The van der Waals surface area contributed by atoms with E-state index in [2.05, 4.69) is 105 Å². The van der Waals surface area contributed by atoms with Crippen molar-refractivity contribution in [2.45, 2.75) is 51.0 Å². The van der Waals surface area contributed by atoms with Gasteiger partial charge in [0.25, 0.3) is 0 Å². The molecule has 12 heteroatoms. The molecule has 0 radical (unpaired) electrons. The van der Waals surface area contributed by atoms with E-state index in [-0.39, 0.29) is 31.2 Å². The van der Waals surface area contributed by atoms with Gasteiger partial charge in [0.05, 0.1) is 25.3 Å². The van der Waals surface area contributed by atoms with Crippen LogP contribution in [0.5, 0.6) is 0 Å². The molecule has 0 saturated carbocycles. The fourth-order valence-corrected chi connectivity index (χ4v) is 7.87. The maximum absolute atomic E-state index is 12.3. The molecular formula is C44H60N6O4S2. The van der Waals surface area contributed by atoms with Crippen molar-refractivity contribution in [3.05, 3.63) is 120 Å². The van der Waals surface area contributed by atoms with Gasteiger partial charge in [-0.1, -0.05) is 95.8 Å². The second-order valence-corrected chi connectivity index (χ2v) is 16.3. The van der Waals surface area contributed by atoms with Gasteiger partial charge in [-0.05, 0) is 90.6 Å². The molecule has 2 saturated heterocycles. The lowest BCUT2D eigenvalue weighted by atomic mass is 10.1. The van der Waals surface area contributed by atoms with Crippen molar-refractivity contribution in [3.63, 3.8) is 0 Å². The lowest BCUT2D eigenvalue weighted by Crippen LogP contribution is -2.35. The molecule has 2 fully saturated rings. The Labute approximate surface area is 341 Å². The number of allylic oxidation sites excluding steroid dienone is 8. The molecule has 2 aliphatic heterocycles. The van der Waals surface area contributed by atoms with E-state index in [0.717, 1.165) is 84.8 Å². The van der Waals surface area contributed by atoms with Crippen LogP contribution in [0.1, 0.15) is 43.7 Å². The number of aliphatic imine (C=N–C) groups is 1. The number of aliphatic hydroxyl groups is 3. The molecule has 10 nitrogen and oxygen atoms in total. The molecule has 2 atom stereocenters. The van der Waals surface area contributed by atoms with Crippen LogP contribution in [0.15, 0.2) is 114 Å². The topological polar surface area (TPSA) is 133 Å². The van der Waals surface area contributed by atoms with Crippen molar-refractivity contribution >= 4 is 57.2 Å². The lowest BCUT2D eigenvalue weighted by Gasteiger charge is -2.31. The van der Waals surface area contributed by atoms with E-state index in [1.807, 2.05) is 30.4 Å². The maximum atomic E-state index is 12.3. The number of carbonyl (C=O) groups excluding carboxylic acids is 1. The Bertz CT molecular complexity index is 1650. The Morgan fingerprint density at radius 1 is 0.875 bits per heavy atom. The molecule has 302 valence electrons. The maximum Gasteiger partial charge on any atom is 0.239 e. The van der Waals surface area contributed by atoms with Crippen molar-refractivity contribution in [1.82, 2.24) is 16.0 Å².